The standard InChI is InChI=1S/C16H20ClN3O/c1-19(2)10-11-20-16(14(17)12-18-20)15(21)9-8-13-6-4-3-5-7-13/h3-7,12H,8-11H2,1-2H3. The summed E-state index contributed by atoms with van der Waals surface area (Å²) >= 11 is 6.12. The minimum atomic E-state index is 0.0418. The highest BCUT2D eigenvalue weighted by Crippen LogP contribution is 2.18. The maximum absolute atomic E-state index is 12.4. The highest BCUT2D eigenvalue weighted by Gasteiger charge is 2.17. The van der Waals surface area contributed by atoms with Gasteiger partial charge in [0.05, 0.1) is 17.8 Å². The zero-order chi connectivity index (χ0) is 15.2. The number of halogens is 1. The van der Waals surface area contributed by atoms with Crippen LogP contribution in [0.15, 0.2) is 36.5 Å². The summed E-state index contributed by atoms with van der Waals surface area (Å²) in [4.78, 5) is 14.5. The first-order valence-corrected chi connectivity index (χ1v) is 7.39. The number of carbonyl (C=O) groups is 1. The van der Waals surface area contributed by atoms with E-state index in [1.54, 1.807) is 10.9 Å². The molecular weight excluding hydrogens is 286 g/mol. The molecule has 0 N–H and O–H groups in total. The topological polar surface area (TPSA) is 38.1 Å². The van der Waals surface area contributed by atoms with Crippen LogP contribution < -0.4 is 0 Å². The lowest BCUT2D eigenvalue weighted by atomic mass is 10.1. The molecular formula is C16H20ClN3O. The maximum atomic E-state index is 12.4. The van der Waals surface area contributed by atoms with Crippen LogP contribution in [0.3, 0.4) is 0 Å². The average molecular weight is 306 g/mol. The smallest absolute Gasteiger partial charge is 0.182 e. The van der Waals surface area contributed by atoms with Crippen LogP contribution in [-0.2, 0) is 13.0 Å². The summed E-state index contributed by atoms with van der Waals surface area (Å²) in [6.07, 6.45) is 2.71. The molecule has 0 saturated heterocycles. The lowest BCUT2D eigenvalue weighted by Gasteiger charge is -2.11. The molecule has 0 bridgehead atoms. The van der Waals surface area contributed by atoms with Crippen molar-refractivity contribution in [1.82, 2.24) is 14.7 Å². The van der Waals surface area contributed by atoms with Crippen LogP contribution in [0.1, 0.15) is 22.5 Å². The van der Waals surface area contributed by atoms with Crippen LogP contribution in [0.5, 0.6) is 0 Å². The Morgan fingerprint density at radius 3 is 2.67 bits per heavy atom. The second-order valence-corrected chi connectivity index (χ2v) is 5.68. The van der Waals surface area contributed by atoms with Crippen molar-refractivity contribution in [3.63, 3.8) is 0 Å². The van der Waals surface area contributed by atoms with E-state index in [9.17, 15) is 4.79 Å². The predicted molar refractivity (Wildman–Crippen MR) is 84.9 cm³/mol. The van der Waals surface area contributed by atoms with Gasteiger partial charge in [-0.2, -0.15) is 5.10 Å². The summed E-state index contributed by atoms with van der Waals surface area (Å²) < 4.78 is 1.70. The minimum Gasteiger partial charge on any atom is -0.308 e. The molecule has 0 spiro atoms. The molecule has 1 aromatic heterocycles. The van der Waals surface area contributed by atoms with Crippen LogP contribution in [-0.4, -0.2) is 41.1 Å². The van der Waals surface area contributed by atoms with Crippen molar-refractivity contribution in [2.45, 2.75) is 19.4 Å². The first kappa shape index (κ1) is 15.7. The van der Waals surface area contributed by atoms with E-state index in [0.29, 0.717) is 23.7 Å². The minimum absolute atomic E-state index is 0.0418. The van der Waals surface area contributed by atoms with Crippen molar-refractivity contribution in [3.05, 3.63) is 52.8 Å². The number of aromatic nitrogens is 2. The van der Waals surface area contributed by atoms with Crippen molar-refractivity contribution in [2.24, 2.45) is 0 Å². The largest absolute Gasteiger partial charge is 0.308 e. The molecule has 1 heterocycles. The fraction of sp³-hybridized carbons (Fsp3) is 0.375. The van der Waals surface area contributed by atoms with Gasteiger partial charge in [0, 0.05) is 13.0 Å². The summed E-state index contributed by atoms with van der Waals surface area (Å²) in [7, 11) is 3.98. The van der Waals surface area contributed by atoms with Crippen molar-refractivity contribution < 1.29 is 4.79 Å². The SMILES string of the molecule is CN(C)CCn1ncc(Cl)c1C(=O)CCc1ccccc1. The first-order chi connectivity index (χ1) is 10.1. The van der Waals surface area contributed by atoms with Crippen LogP contribution in [0.25, 0.3) is 0 Å². The molecule has 1 aromatic carbocycles. The van der Waals surface area contributed by atoms with E-state index in [2.05, 4.69) is 5.10 Å². The third kappa shape index (κ3) is 4.41. The third-order valence-electron chi connectivity index (χ3n) is 3.30. The van der Waals surface area contributed by atoms with Crippen LogP contribution >= 0.6 is 11.6 Å². The zero-order valence-electron chi connectivity index (χ0n) is 12.4. The van der Waals surface area contributed by atoms with Gasteiger partial charge in [-0.05, 0) is 26.1 Å². The molecule has 0 radical (unpaired) electrons. The molecule has 2 aromatic rings. The first-order valence-electron chi connectivity index (χ1n) is 7.01. The Morgan fingerprint density at radius 1 is 1.29 bits per heavy atom. The predicted octanol–water partition coefficient (Wildman–Crippen LogP) is 2.91. The van der Waals surface area contributed by atoms with Gasteiger partial charge in [0.15, 0.2) is 5.78 Å². The molecule has 0 aliphatic carbocycles. The van der Waals surface area contributed by atoms with E-state index in [-0.39, 0.29) is 5.78 Å². The Balaban J connectivity index is 2.03. The van der Waals surface area contributed by atoms with E-state index < -0.39 is 0 Å². The van der Waals surface area contributed by atoms with Gasteiger partial charge in [0.1, 0.15) is 5.69 Å². The average Bonchev–Trinajstić information content (AvgIpc) is 2.85. The van der Waals surface area contributed by atoms with Gasteiger partial charge >= 0.3 is 0 Å². The highest BCUT2D eigenvalue weighted by molar-refractivity contribution is 6.33. The molecule has 2 rings (SSSR count). The molecule has 5 heteroatoms. The van der Waals surface area contributed by atoms with Gasteiger partial charge in [-0.1, -0.05) is 41.9 Å². The summed E-state index contributed by atoms with van der Waals surface area (Å²) in [5, 5.41) is 4.64. The van der Waals surface area contributed by atoms with Crippen LogP contribution in [0.2, 0.25) is 5.02 Å². The monoisotopic (exact) mass is 305 g/mol. The molecule has 112 valence electrons. The van der Waals surface area contributed by atoms with E-state index in [1.165, 1.54) is 0 Å². The maximum Gasteiger partial charge on any atom is 0.182 e. The number of hydrogen-bond donors (Lipinski definition) is 0. The number of aryl methyl sites for hydroxylation is 1. The molecule has 0 atom stereocenters. The Morgan fingerprint density at radius 2 is 2.00 bits per heavy atom. The number of likely N-dealkylation sites (N-methyl/N-ethyl adjacent to an activating group) is 1. The van der Waals surface area contributed by atoms with Gasteiger partial charge in [-0.25, -0.2) is 0 Å². The highest BCUT2D eigenvalue weighted by atomic mass is 35.5. The fourth-order valence-electron chi connectivity index (χ4n) is 2.12. The molecule has 0 amide bonds. The van der Waals surface area contributed by atoms with Gasteiger partial charge in [0.2, 0.25) is 0 Å². The van der Waals surface area contributed by atoms with Crippen molar-refractivity contribution >= 4 is 17.4 Å². The number of hydrogen-bond acceptors (Lipinski definition) is 3. The molecule has 0 unspecified atom stereocenters. The molecule has 21 heavy (non-hydrogen) atoms. The normalized spacial score (nSPS) is 11.0. The summed E-state index contributed by atoms with van der Waals surface area (Å²) in [5.41, 5.74) is 1.68. The number of benzene rings is 1. The summed E-state index contributed by atoms with van der Waals surface area (Å²) in [6.45, 7) is 1.48. The zero-order valence-corrected chi connectivity index (χ0v) is 13.2. The van der Waals surface area contributed by atoms with E-state index in [1.807, 2.05) is 49.3 Å². The van der Waals surface area contributed by atoms with E-state index >= 15 is 0 Å². The summed E-state index contributed by atoms with van der Waals surface area (Å²) in [5.74, 6) is 0.0418. The third-order valence-corrected chi connectivity index (χ3v) is 3.58. The van der Waals surface area contributed by atoms with Crippen molar-refractivity contribution in [3.8, 4) is 0 Å². The van der Waals surface area contributed by atoms with Crippen LogP contribution in [0.4, 0.5) is 0 Å². The van der Waals surface area contributed by atoms with Gasteiger partial charge < -0.3 is 4.90 Å². The second-order valence-electron chi connectivity index (χ2n) is 5.28. The van der Waals surface area contributed by atoms with Gasteiger partial charge in [-0.3, -0.25) is 9.48 Å². The molecule has 0 saturated carbocycles. The Bertz CT molecular complexity index is 593. The Hall–Kier alpha value is -1.65. The van der Waals surface area contributed by atoms with E-state index in [0.717, 1.165) is 18.5 Å². The lowest BCUT2D eigenvalue weighted by Crippen LogP contribution is -2.21. The molecule has 0 aliphatic rings. The fourth-order valence-corrected chi connectivity index (χ4v) is 2.37. The number of ketones is 1. The van der Waals surface area contributed by atoms with Crippen molar-refractivity contribution in [2.75, 3.05) is 20.6 Å². The van der Waals surface area contributed by atoms with Gasteiger partial charge in [0.25, 0.3) is 0 Å². The lowest BCUT2D eigenvalue weighted by molar-refractivity contribution is 0.0971. The quantitative estimate of drug-likeness (QED) is 0.738. The molecule has 0 fully saturated rings. The summed E-state index contributed by atoms with van der Waals surface area (Å²) in [6, 6.07) is 9.98. The van der Waals surface area contributed by atoms with Gasteiger partial charge in [-0.15, -0.1) is 0 Å². The number of nitrogens with zero attached hydrogens (tertiary/aromatic N) is 3. The number of Topliss-reactive ketones (excluding diaryl/α,β-unsaturated/α-hetero) is 1. The molecule has 0 aliphatic heterocycles. The van der Waals surface area contributed by atoms with E-state index in [4.69, 9.17) is 11.6 Å². The second kappa shape index (κ2) is 7.38. The Kier molecular flexibility index (Phi) is 5.53. The van der Waals surface area contributed by atoms with Crippen molar-refractivity contribution in [1.29, 1.82) is 0 Å². The number of carbonyl (C=O) groups excluding carboxylic acids is 1. The molecule has 4 nitrogen and oxygen atoms in total. The Labute approximate surface area is 130 Å². The van der Waals surface area contributed by atoms with Crippen LogP contribution in [0, 0.1) is 0 Å². The number of rotatable bonds is 7.